The van der Waals surface area contributed by atoms with E-state index in [1.165, 1.54) is 66.8 Å². The van der Waals surface area contributed by atoms with Crippen molar-refractivity contribution >= 4 is 39.0 Å². The Morgan fingerprint density at radius 2 is 0.875 bits per heavy atom. The van der Waals surface area contributed by atoms with Crippen LogP contribution >= 0.6 is 0 Å². The van der Waals surface area contributed by atoms with Crippen molar-refractivity contribution in [3.63, 3.8) is 0 Å². The highest BCUT2D eigenvalue weighted by Gasteiger charge is 2.38. The van der Waals surface area contributed by atoms with Crippen molar-refractivity contribution in [2.24, 2.45) is 0 Å². The molecule has 1 heterocycles. The molecule has 1 aromatic heterocycles. The number of furan rings is 1. The summed E-state index contributed by atoms with van der Waals surface area (Å²) in [5, 5.41) is 2.26. The molecule has 0 atom stereocenters. The van der Waals surface area contributed by atoms with E-state index in [1.807, 2.05) is 6.07 Å². The van der Waals surface area contributed by atoms with Gasteiger partial charge in [-0.25, -0.2) is 0 Å². The Kier molecular flexibility index (Phi) is 6.98. The van der Waals surface area contributed by atoms with Gasteiger partial charge in [0.15, 0.2) is 0 Å². The number of hydrogen-bond acceptors (Lipinski definition) is 2. The van der Waals surface area contributed by atoms with Gasteiger partial charge in [0.2, 0.25) is 0 Å². The van der Waals surface area contributed by atoms with Crippen molar-refractivity contribution in [3.05, 3.63) is 198 Å². The molecule has 2 heteroatoms. The van der Waals surface area contributed by atoms with Gasteiger partial charge in [0, 0.05) is 44.7 Å². The maximum Gasteiger partial charge on any atom is 0.137 e. The predicted octanol–water partition coefficient (Wildman–Crippen LogP) is 15.0. The van der Waals surface area contributed by atoms with E-state index in [9.17, 15) is 0 Å². The highest BCUT2D eigenvalue weighted by atomic mass is 16.3. The Bertz CT molecular complexity index is 3020. The van der Waals surface area contributed by atoms with Crippen LogP contribution in [-0.4, -0.2) is 0 Å². The minimum absolute atomic E-state index is 0.0465. The second kappa shape index (κ2) is 11.9. The molecule has 0 N–H and O–H groups in total. The molecule has 0 bridgehead atoms. The zero-order valence-electron chi connectivity index (χ0n) is 32.1. The van der Waals surface area contributed by atoms with Gasteiger partial charge in [-0.3, -0.25) is 0 Å². The van der Waals surface area contributed by atoms with Crippen molar-refractivity contribution in [2.75, 3.05) is 4.90 Å². The number of para-hydroxylation sites is 1. The summed E-state index contributed by atoms with van der Waals surface area (Å²) >= 11 is 0. The molecule has 0 radical (unpaired) electrons. The Morgan fingerprint density at radius 1 is 0.357 bits per heavy atom. The largest absolute Gasteiger partial charge is 0.456 e. The second-order valence-electron chi connectivity index (χ2n) is 16.5. The highest BCUT2D eigenvalue weighted by Crippen LogP contribution is 2.55. The average molecular weight is 720 g/mol. The third-order valence-electron chi connectivity index (χ3n) is 12.7. The molecule has 0 aliphatic heterocycles. The van der Waals surface area contributed by atoms with Gasteiger partial charge in [0.1, 0.15) is 11.2 Å². The molecule has 8 aromatic carbocycles. The molecule has 56 heavy (non-hydrogen) atoms. The van der Waals surface area contributed by atoms with Gasteiger partial charge >= 0.3 is 0 Å². The maximum absolute atomic E-state index is 6.47. The van der Waals surface area contributed by atoms with E-state index >= 15 is 0 Å². The van der Waals surface area contributed by atoms with Crippen LogP contribution in [0.15, 0.2) is 180 Å². The standard InChI is InChI=1S/C54H41NO/c1-53(2)45-20-10-8-17-43(45)51-40(19-13-21-47(51)53)35-24-26-36(27-25-35)55(38-28-30-42-41-16-9-11-23-49(41)56-50(42)33-38)37-29-31-46-44(32-37)52-39(34-14-6-5-7-15-34)18-12-22-48(52)54(46,3)4/h5-33H,1-4H3. The Labute approximate surface area is 328 Å². The molecular weight excluding hydrogens is 679 g/mol. The fraction of sp³-hybridized carbons (Fsp3) is 0.111. The van der Waals surface area contributed by atoms with Crippen LogP contribution in [0.4, 0.5) is 17.1 Å². The number of hydrogen-bond donors (Lipinski definition) is 0. The maximum atomic E-state index is 6.47. The zero-order valence-corrected chi connectivity index (χ0v) is 32.1. The lowest BCUT2D eigenvalue weighted by molar-refractivity contribution is 0.660. The van der Waals surface area contributed by atoms with Crippen LogP contribution in [0.2, 0.25) is 0 Å². The zero-order chi connectivity index (χ0) is 37.8. The molecule has 0 saturated heterocycles. The SMILES string of the molecule is CC1(C)c2ccccc2-c2c(-c3ccc(N(c4ccc5c(c4)-c4c(-c6ccccc6)cccc4C5(C)C)c4ccc5c(c4)oc4ccccc45)cc3)cccc21. The molecule has 0 saturated carbocycles. The molecule has 9 aromatic rings. The van der Waals surface area contributed by atoms with Crippen LogP contribution in [0.3, 0.4) is 0 Å². The summed E-state index contributed by atoms with van der Waals surface area (Å²) in [6.07, 6.45) is 0. The van der Waals surface area contributed by atoms with Crippen LogP contribution in [0, 0.1) is 0 Å². The smallest absolute Gasteiger partial charge is 0.137 e. The van der Waals surface area contributed by atoms with Gasteiger partial charge in [-0.05, 0) is 109 Å². The van der Waals surface area contributed by atoms with Gasteiger partial charge in [-0.15, -0.1) is 0 Å². The number of rotatable bonds is 5. The van der Waals surface area contributed by atoms with Gasteiger partial charge in [0.05, 0.1) is 0 Å². The van der Waals surface area contributed by atoms with Crippen molar-refractivity contribution in [1.29, 1.82) is 0 Å². The van der Waals surface area contributed by atoms with E-state index in [2.05, 4.69) is 202 Å². The summed E-state index contributed by atoms with van der Waals surface area (Å²) in [4.78, 5) is 2.39. The van der Waals surface area contributed by atoms with E-state index in [0.29, 0.717) is 0 Å². The fourth-order valence-corrected chi connectivity index (χ4v) is 9.88. The van der Waals surface area contributed by atoms with Gasteiger partial charge < -0.3 is 9.32 Å². The van der Waals surface area contributed by atoms with E-state index in [0.717, 1.165) is 39.0 Å². The quantitative estimate of drug-likeness (QED) is 0.176. The van der Waals surface area contributed by atoms with Gasteiger partial charge in [0.25, 0.3) is 0 Å². The van der Waals surface area contributed by atoms with E-state index in [-0.39, 0.29) is 10.8 Å². The van der Waals surface area contributed by atoms with Crippen LogP contribution in [0.1, 0.15) is 49.9 Å². The summed E-state index contributed by atoms with van der Waals surface area (Å²) in [6.45, 7) is 9.41. The van der Waals surface area contributed by atoms with Crippen molar-refractivity contribution in [1.82, 2.24) is 0 Å². The first-order chi connectivity index (χ1) is 27.3. The van der Waals surface area contributed by atoms with E-state index in [1.54, 1.807) is 0 Å². The van der Waals surface area contributed by atoms with Crippen molar-refractivity contribution < 1.29 is 4.42 Å². The third-order valence-corrected chi connectivity index (χ3v) is 12.7. The minimum atomic E-state index is -0.128. The summed E-state index contributed by atoms with van der Waals surface area (Å²) in [7, 11) is 0. The number of benzene rings is 8. The predicted molar refractivity (Wildman–Crippen MR) is 234 cm³/mol. The fourth-order valence-electron chi connectivity index (χ4n) is 9.88. The first-order valence-corrected chi connectivity index (χ1v) is 19.7. The molecule has 11 rings (SSSR count). The summed E-state index contributed by atoms with van der Waals surface area (Å²) < 4.78 is 6.47. The first-order valence-electron chi connectivity index (χ1n) is 19.7. The van der Waals surface area contributed by atoms with Crippen molar-refractivity contribution in [3.8, 4) is 44.5 Å². The lowest BCUT2D eigenvalue weighted by atomic mass is 9.82. The van der Waals surface area contributed by atoms with Crippen molar-refractivity contribution in [2.45, 2.75) is 38.5 Å². The van der Waals surface area contributed by atoms with Crippen LogP contribution < -0.4 is 4.90 Å². The summed E-state index contributed by atoms with van der Waals surface area (Å²) in [5.74, 6) is 0. The van der Waals surface area contributed by atoms with E-state index < -0.39 is 0 Å². The number of fused-ring (bicyclic) bond motifs is 9. The Balaban J connectivity index is 1.09. The number of anilines is 3. The van der Waals surface area contributed by atoms with Crippen LogP contribution in [0.5, 0.6) is 0 Å². The molecule has 0 spiro atoms. The van der Waals surface area contributed by atoms with Gasteiger partial charge in [-0.1, -0.05) is 155 Å². The molecule has 268 valence electrons. The van der Waals surface area contributed by atoms with E-state index in [4.69, 9.17) is 4.42 Å². The lowest BCUT2D eigenvalue weighted by Gasteiger charge is -2.27. The monoisotopic (exact) mass is 719 g/mol. The Morgan fingerprint density at radius 3 is 1.62 bits per heavy atom. The second-order valence-corrected chi connectivity index (χ2v) is 16.5. The third kappa shape index (κ3) is 4.69. The minimum Gasteiger partial charge on any atom is -0.456 e. The molecule has 0 amide bonds. The normalized spacial score (nSPS) is 14.4. The molecule has 0 fully saturated rings. The first kappa shape index (κ1) is 32.8. The molecule has 2 nitrogen and oxygen atoms in total. The lowest BCUT2D eigenvalue weighted by Crippen LogP contribution is -2.15. The van der Waals surface area contributed by atoms with Crippen LogP contribution in [-0.2, 0) is 10.8 Å². The topological polar surface area (TPSA) is 16.4 Å². The van der Waals surface area contributed by atoms with Gasteiger partial charge in [-0.2, -0.15) is 0 Å². The highest BCUT2D eigenvalue weighted by molar-refractivity contribution is 6.06. The summed E-state index contributed by atoms with van der Waals surface area (Å²) in [5.41, 5.74) is 20.6. The molecular formula is C54H41NO. The number of nitrogens with zero attached hydrogens (tertiary/aromatic N) is 1. The van der Waals surface area contributed by atoms with Crippen LogP contribution in [0.25, 0.3) is 66.4 Å². The Hall–Kier alpha value is -6.64. The molecule has 0 unspecified atom stereocenters. The molecule has 2 aliphatic carbocycles. The average Bonchev–Trinajstić information content (AvgIpc) is 3.81. The molecule has 2 aliphatic rings. The summed E-state index contributed by atoms with van der Waals surface area (Å²) in [6, 6.07) is 64.5.